The Labute approximate surface area is 111 Å². The Kier molecular flexibility index (Phi) is 6.68. The van der Waals surface area contributed by atoms with Crippen LogP contribution in [0.1, 0.15) is 25.3 Å². The number of carbonyl (C=O) groups excluding carboxylic acids is 1. The van der Waals surface area contributed by atoms with Crippen molar-refractivity contribution in [2.24, 2.45) is 0 Å². The summed E-state index contributed by atoms with van der Waals surface area (Å²) in [5, 5.41) is 3.55. The van der Waals surface area contributed by atoms with E-state index in [1.54, 1.807) is 13.0 Å². The topological polar surface area (TPSA) is 38.3 Å². The van der Waals surface area contributed by atoms with Gasteiger partial charge in [0.05, 0.1) is 6.61 Å². The van der Waals surface area contributed by atoms with Crippen LogP contribution < -0.4 is 5.32 Å². The summed E-state index contributed by atoms with van der Waals surface area (Å²) in [6.07, 6.45) is 1.11. The fourth-order valence-corrected chi connectivity index (χ4v) is 1.71. The van der Waals surface area contributed by atoms with Crippen molar-refractivity contribution >= 4 is 17.6 Å². The summed E-state index contributed by atoms with van der Waals surface area (Å²) in [4.78, 5) is 11.1. The first-order valence-corrected chi connectivity index (χ1v) is 6.31. The van der Waals surface area contributed by atoms with Gasteiger partial charge in [-0.3, -0.25) is 4.79 Å². The summed E-state index contributed by atoms with van der Waals surface area (Å²) in [7, 11) is 0. The molecule has 0 spiro atoms. The number of ether oxygens (including phenoxy) is 1. The van der Waals surface area contributed by atoms with E-state index in [0.717, 1.165) is 5.56 Å². The quantitative estimate of drug-likeness (QED) is 0.613. The minimum absolute atomic E-state index is 0.181. The van der Waals surface area contributed by atoms with Crippen molar-refractivity contribution in [1.29, 1.82) is 0 Å². The molecular weight excluding hydrogens is 257 g/mol. The van der Waals surface area contributed by atoms with E-state index in [1.165, 1.54) is 12.1 Å². The molecule has 0 unspecified atom stereocenters. The van der Waals surface area contributed by atoms with E-state index in [0.29, 0.717) is 37.6 Å². The lowest BCUT2D eigenvalue weighted by atomic mass is 10.2. The molecule has 0 amide bonds. The minimum atomic E-state index is -0.342. The molecule has 3 nitrogen and oxygen atoms in total. The molecule has 0 saturated carbocycles. The van der Waals surface area contributed by atoms with Gasteiger partial charge < -0.3 is 10.1 Å². The minimum Gasteiger partial charge on any atom is -0.466 e. The van der Waals surface area contributed by atoms with E-state index >= 15 is 0 Å². The van der Waals surface area contributed by atoms with Crippen molar-refractivity contribution in [2.45, 2.75) is 26.3 Å². The number of benzene rings is 1. The number of hydrogen-bond donors (Lipinski definition) is 1. The normalized spacial score (nSPS) is 10.4. The molecule has 1 N–H and O–H groups in total. The highest BCUT2D eigenvalue weighted by molar-refractivity contribution is 6.31. The maximum absolute atomic E-state index is 12.8. The molecule has 18 heavy (non-hydrogen) atoms. The van der Waals surface area contributed by atoms with Gasteiger partial charge in [0.2, 0.25) is 0 Å². The van der Waals surface area contributed by atoms with Gasteiger partial charge in [-0.05, 0) is 37.6 Å². The van der Waals surface area contributed by atoms with Crippen LogP contribution in [0.5, 0.6) is 0 Å². The Morgan fingerprint density at radius 2 is 2.28 bits per heavy atom. The summed E-state index contributed by atoms with van der Waals surface area (Å²) in [5.74, 6) is -0.523. The van der Waals surface area contributed by atoms with Crippen LogP contribution in [-0.4, -0.2) is 19.1 Å². The van der Waals surface area contributed by atoms with E-state index in [9.17, 15) is 9.18 Å². The second kappa shape index (κ2) is 8.06. The maximum atomic E-state index is 12.8. The number of rotatable bonds is 7. The molecule has 0 aliphatic rings. The highest BCUT2D eigenvalue weighted by Crippen LogP contribution is 2.16. The van der Waals surface area contributed by atoms with Crippen molar-refractivity contribution < 1.29 is 13.9 Å². The van der Waals surface area contributed by atoms with Gasteiger partial charge in [0.15, 0.2) is 0 Å². The fourth-order valence-electron chi connectivity index (χ4n) is 1.48. The number of nitrogens with one attached hydrogen (secondary N) is 1. The van der Waals surface area contributed by atoms with E-state index in [4.69, 9.17) is 16.3 Å². The Hall–Kier alpha value is -1.13. The summed E-state index contributed by atoms with van der Waals surface area (Å²) >= 11 is 5.88. The van der Waals surface area contributed by atoms with Crippen LogP contribution >= 0.6 is 11.6 Å². The van der Waals surface area contributed by atoms with Crippen LogP contribution in [0.2, 0.25) is 5.02 Å². The van der Waals surface area contributed by atoms with Crippen LogP contribution in [0.15, 0.2) is 18.2 Å². The molecule has 0 bridgehead atoms. The van der Waals surface area contributed by atoms with Gasteiger partial charge in [0.25, 0.3) is 0 Å². The molecule has 0 atom stereocenters. The maximum Gasteiger partial charge on any atom is 0.305 e. The molecule has 100 valence electrons. The van der Waals surface area contributed by atoms with Crippen molar-refractivity contribution in [3.63, 3.8) is 0 Å². The summed E-state index contributed by atoms with van der Waals surface area (Å²) in [5.41, 5.74) is 0.842. The lowest BCUT2D eigenvalue weighted by molar-refractivity contribution is -0.143. The van der Waals surface area contributed by atoms with E-state index < -0.39 is 0 Å². The van der Waals surface area contributed by atoms with Crippen LogP contribution in [0.3, 0.4) is 0 Å². The molecule has 0 aliphatic heterocycles. The van der Waals surface area contributed by atoms with E-state index in [1.807, 2.05) is 0 Å². The van der Waals surface area contributed by atoms with Gasteiger partial charge in [-0.2, -0.15) is 0 Å². The standard InChI is InChI=1S/C13H17ClFNO2/c1-2-18-13(17)4-3-7-16-9-10-5-6-11(15)8-12(10)14/h5-6,8,16H,2-4,7,9H2,1H3. The lowest BCUT2D eigenvalue weighted by Crippen LogP contribution is -2.16. The number of halogens is 2. The average Bonchev–Trinajstić information content (AvgIpc) is 2.31. The zero-order valence-electron chi connectivity index (χ0n) is 10.3. The molecule has 0 aliphatic carbocycles. The van der Waals surface area contributed by atoms with Gasteiger partial charge in [0, 0.05) is 18.0 Å². The van der Waals surface area contributed by atoms with Gasteiger partial charge in [-0.15, -0.1) is 0 Å². The van der Waals surface area contributed by atoms with Gasteiger partial charge in [0.1, 0.15) is 5.82 Å². The molecular formula is C13H17ClFNO2. The predicted octanol–water partition coefficient (Wildman–Crippen LogP) is 2.91. The van der Waals surface area contributed by atoms with Gasteiger partial charge in [-0.25, -0.2) is 4.39 Å². The highest BCUT2D eigenvalue weighted by atomic mass is 35.5. The van der Waals surface area contributed by atoms with Crippen molar-refractivity contribution in [1.82, 2.24) is 5.32 Å². The fraction of sp³-hybridized carbons (Fsp3) is 0.462. The molecule has 1 aromatic carbocycles. The lowest BCUT2D eigenvalue weighted by Gasteiger charge is -2.06. The molecule has 0 heterocycles. The Morgan fingerprint density at radius 3 is 2.94 bits per heavy atom. The molecule has 0 radical (unpaired) electrons. The van der Waals surface area contributed by atoms with Crippen molar-refractivity contribution in [2.75, 3.05) is 13.2 Å². The first kappa shape index (κ1) is 14.9. The van der Waals surface area contributed by atoms with E-state index in [-0.39, 0.29) is 11.8 Å². The van der Waals surface area contributed by atoms with Gasteiger partial charge in [-0.1, -0.05) is 17.7 Å². The first-order chi connectivity index (χ1) is 8.63. The molecule has 0 aromatic heterocycles. The third-order valence-electron chi connectivity index (χ3n) is 2.37. The summed E-state index contributed by atoms with van der Waals surface area (Å²) < 4.78 is 17.6. The van der Waals surface area contributed by atoms with Crippen LogP contribution in [0, 0.1) is 5.82 Å². The molecule has 0 saturated heterocycles. The molecule has 1 rings (SSSR count). The Morgan fingerprint density at radius 1 is 1.50 bits per heavy atom. The third-order valence-corrected chi connectivity index (χ3v) is 2.72. The van der Waals surface area contributed by atoms with Crippen LogP contribution in [-0.2, 0) is 16.1 Å². The monoisotopic (exact) mass is 273 g/mol. The highest BCUT2D eigenvalue weighted by Gasteiger charge is 2.03. The number of hydrogen-bond acceptors (Lipinski definition) is 3. The van der Waals surface area contributed by atoms with Crippen LogP contribution in [0.4, 0.5) is 4.39 Å². The zero-order chi connectivity index (χ0) is 13.4. The molecule has 5 heteroatoms. The first-order valence-electron chi connectivity index (χ1n) is 5.93. The van der Waals surface area contributed by atoms with Crippen molar-refractivity contribution in [3.8, 4) is 0 Å². The predicted molar refractivity (Wildman–Crippen MR) is 69.0 cm³/mol. The number of esters is 1. The number of carbonyl (C=O) groups is 1. The summed E-state index contributed by atoms with van der Waals surface area (Å²) in [6, 6.07) is 4.31. The van der Waals surface area contributed by atoms with Gasteiger partial charge >= 0.3 is 5.97 Å². The van der Waals surface area contributed by atoms with Crippen LogP contribution in [0.25, 0.3) is 0 Å². The Balaban J connectivity index is 2.20. The Bertz CT molecular complexity index is 399. The largest absolute Gasteiger partial charge is 0.466 e. The average molecular weight is 274 g/mol. The van der Waals surface area contributed by atoms with Crippen molar-refractivity contribution in [3.05, 3.63) is 34.6 Å². The SMILES string of the molecule is CCOC(=O)CCCNCc1ccc(F)cc1Cl. The molecule has 0 fully saturated rings. The third kappa shape index (κ3) is 5.47. The zero-order valence-corrected chi connectivity index (χ0v) is 11.1. The summed E-state index contributed by atoms with van der Waals surface area (Å²) in [6.45, 7) is 3.44. The second-order valence-corrected chi connectivity index (χ2v) is 4.23. The molecule has 1 aromatic rings. The smallest absolute Gasteiger partial charge is 0.305 e. The van der Waals surface area contributed by atoms with E-state index in [2.05, 4.69) is 5.32 Å². The second-order valence-electron chi connectivity index (χ2n) is 3.82.